The molecule has 1 amide bonds. The lowest BCUT2D eigenvalue weighted by atomic mass is 10.0. The Balaban J connectivity index is 1.43. The SMILES string of the molecule is C[C@@H](Nc1ccc(NC(=O)c2ccccc2)cc1OCc1ccccc1)[C@H](OC(=O)c1ccccc1)c1ccc([N+](=O)[O-])cc1. The predicted molar refractivity (Wildman–Crippen MR) is 172 cm³/mol. The fourth-order valence-corrected chi connectivity index (χ4v) is 4.69. The first kappa shape index (κ1) is 30.5. The summed E-state index contributed by atoms with van der Waals surface area (Å²) < 4.78 is 12.2. The average Bonchev–Trinajstić information content (AvgIpc) is 3.08. The topological polar surface area (TPSA) is 120 Å². The molecule has 2 N–H and O–H groups in total. The molecular formula is C36H31N3O6. The summed E-state index contributed by atoms with van der Waals surface area (Å²) in [4.78, 5) is 36.8. The van der Waals surface area contributed by atoms with E-state index in [1.807, 2.05) is 43.3 Å². The third-order valence-corrected chi connectivity index (χ3v) is 7.03. The highest BCUT2D eigenvalue weighted by Crippen LogP contribution is 2.33. The fourth-order valence-electron chi connectivity index (χ4n) is 4.69. The molecule has 0 aliphatic carbocycles. The van der Waals surface area contributed by atoms with E-state index in [-0.39, 0.29) is 18.2 Å². The van der Waals surface area contributed by atoms with Crippen LogP contribution in [0.5, 0.6) is 5.75 Å². The van der Waals surface area contributed by atoms with Crippen LogP contribution >= 0.6 is 0 Å². The van der Waals surface area contributed by atoms with Gasteiger partial charge in [-0.2, -0.15) is 0 Å². The minimum absolute atomic E-state index is 0.0720. The van der Waals surface area contributed by atoms with Crippen molar-refractivity contribution >= 4 is 28.9 Å². The Labute approximate surface area is 260 Å². The summed E-state index contributed by atoms with van der Waals surface area (Å²) >= 11 is 0. The van der Waals surface area contributed by atoms with E-state index in [1.165, 1.54) is 12.1 Å². The molecule has 0 fully saturated rings. The van der Waals surface area contributed by atoms with Crippen molar-refractivity contribution in [3.8, 4) is 5.75 Å². The Morgan fingerprint density at radius 1 is 0.778 bits per heavy atom. The second-order valence-corrected chi connectivity index (χ2v) is 10.3. The van der Waals surface area contributed by atoms with E-state index in [9.17, 15) is 19.7 Å². The van der Waals surface area contributed by atoms with Gasteiger partial charge in [-0.1, -0.05) is 66.7 Å². The number of nitro groups is 1. The Bertz CT molecular complexity index is 1750. The van der Waals surface area contributed by atoms with Crippen molar-refractivity contribution in [3.05, 3.63) is 166 Å². The normalized spacial score (nSPS) is 11.9. The van der Waals surface area contributed by atoms with E-state index in [0.717, 1.165) is 5.56 Å². The first-order valence-electron chi connectivity index (χ1n) is 14.3. The van der Waals surface area contributed by atoms with Crippen molar-refractivity contribution in [2.75, 3.05) is 10.6 Å². The zero-order valence-corrected chi connectivity index (χ0v) is 24.5. The van der Waals surface area contributed by atoms with Crippen LogP contribution in [-0.2, 0) is 11.3 Å². The van der Waals surface area contributed by atoms with Gasteiger partial charge in [-0.3, -0.25) is 14.9 Å². The molecule has 0 aliphatic rings. The quantitative estimate of drug-likeness (QED) is 0.0850. The van der Waals surface area contributed by atoms with Gasteiger partial charge in [0.05, 0.1) is 22.2 Å². The van der Waals surface area contributed by atoms with Gasteiger partial charge in [0.15, 0.2) is 0 Å². The molecule has 0 aliphatic heterocycles. The third kappa shape index (κ3) is 8.11. The molecule has 0 heterocycles. The number of nitrogens with one attached hydrogen (secondary N) is 2. The Hall–Kier alpha value is -5.96. The first-order valence-corrected chi connectivity index (χ1v) is 14.3. The largest absolute Gasteiger partial charge is 0.487 e. The van der Waals surface area contributed by atoms with E-state index in [1.54, 1.807) is 84.9 Å². The van der Waals surface area contributed by atoms with E-state index in [4.69, 9.17) is 9.47 Å². The van der Waals surface area contributed by atoms with Crippen molar-refractivity contribution in [2.24, 2.45) is 0 Å². The number of rotatable bonds is 12. The molecule has 5 rings (SSSR count). The molecule has 9 heteroatoms. The third-order valence-electron chi connectivity index (χ3n) is 7.03. The summed E-state index contributed by atoms with van der Waals surface area (Å²) in [5.74, 6) is -0.328. The van der Waals surface area contributed by atoms with Gasteiger partial charge in [-0.25, -0.2) is 4.79 Å². The van der Waals surface area contributed by atoms with Crippen LogP contribution in [0.1, 0.15) is 44.9 Å². The summed E-state index contributed by atoms with van der Waals surface area (Å²) in [6, 6.07) is 37.8. The second kappa shape index (κ2) is 14.5. The maximum absolute atomic E-state index is 13.1. The molecule has 5 aromatic carbocycles. The Morgan fingerprint density at radius 3 is 2.00 bits per heavy atom. The van der Waals surface area contributed by atoms with Crippen LogP contribution in [0.2, 0.25) is 0 Å². The van der Waals surface area contributed by atoms with Crippen LogP contribution in [0.25, 0.3) is 0 Å². The van der Waals surface area contributed by atoms with Gasteiger partial charge < -0.3 is 20.1 Å². The number of ether oxygens (including phenoxy) is 2. The molecule has 9 nitrogen and oxygen atoms in total. The molecule has 0 unspecified atom stereocenters. The maximum Gasteiger partial charge on any atom is 0.338 e. The van der Waals surface area contributed by atoms with Crippen LogP contribution in [0.15, 0.2) is 133 Å². The smallest absolute Gasteiger partial charge is 0.338 e. The van der Waals surface area contributed by atoms with Crippen LogP contribution in [0.3, 0.4) is 0 Å². The first-order chi connectivity index (χ1) is 21.9. The number of hydrogen-bond donors (Lipinski definition) is 2. The summed E-state index contributed by atoms with van der Waals surface area (Å²) in [5, 5.41) is 17.6. The molecule has 45 heavy (non-hydrogen) atoms. The number of nitrogens with zero attached hydrogens (tertiary/aromatic N) is 1. The molecule has 226 valence electrons. The number of hydrogen-bond acceptors (Lipinski definition) is 7. The van der Waals surface area contributed by atoms with Crippen LogP contribution in [0.4, 0.5) is 17.1 Å². The van der Waals surface area contributed by atoms with Crippen LogP contribution in [-0.4, -0.2) is 22.8 Å². The maximum atomic E-state index is 13.1. The van der Waals surface area contributed by atoms with Crippen molar-refractivity contribution < 1.29 is 24.0 Å². The molecule has 0 aromatic heterocycles. The van der Waals surface area contributed by atoms with E-state index in [2.05, 4.69) is 10.6 Å². The molecule has 0 bridgehead atoms. The van der Waals surface area contributed by atoms with Crippen molar-refractivity contribution in [2.45, 2.75) is 25.7 Å². The van der Waals surface area contributed by atoms with Gasteiger partial charge in [-0.15, -0.1) is 0 Å². The van der Waals surface area contributed by atoms with E-state index >= 15 is 0 Å². The number of non-ortho nitro benzene ring substituents is 1. The molecule has 5 aromatic rings. The highest BCUT2D eigenvalue weighted by atomic mass is 16.6. The molecular weight excluding hydrogens is 570 g/mol. The molecule has 2 atom stereocenters. The number of benzene rings is 5. The van der Waals surface area contributed by atoms with Gasteiger partial charge in [-0.05, 0) is 66.6 Å². The Morgan fingerprint density at radius 2 is 1.38 bits per heavy atom. The number of anilines is 2. The summed E-state index contributed by atoms with van der Waals surface area (Å²) in [5.41, 5.74) is 3.48. The van der Waals surface area contributed by atoms with E-state index in [0.29, 0.717) is 33.8 Å². The molecule has 0 saturated heterocycles. The lowest BCUT2D eigenvalue weighted by Crippen LogP contribution is -2.28. The number of esters is 1. The van der Waals surface area contributed by atoms with Crippen molar-refractivity contribution in [1.29, 1.82) is 0 Å². The number of nitro benzene ring substituents is 1. The van der Waals surface area contributed by atoms with Gasteiger partial charge in [0.25, 0.3) is 11.6 Å². The lowest BCUT2D eigenvalue weighted by molar-refractivity contribution is -0.384. The molecule has 0 spiro atoms. The molecule has 0 radical (unpaired) electrons. The van der Waals surface area contributed by atoms with Gasteiger partial charge in [0.1, 0.15) is 18.5 Å². The zero-order chi connectivity index (χ0) is 31.6. The lowest BCUT2D eigenvalue weighted by Gasteiger charge is -2.27. The van der Waals surface area contributed by atoms with Crippen molar-refractivity contribution in [3.63, 3.8) is 0 Å². The van der Waals surface area contributed by atoms with E-state index < -0.39 is 23.0 Å². The minimum atomic E-state index is -0.821. The van der Waals surface area contributed by atoms with Crippen molar-refractivity contribution in [1.82, 2.24) is 0 Å². The zero-order valence-electron chi connectivity index (χ0n) is 24.5. The van der Waals surface area contributed by atoms with Crippen LogP contribution in [0, 0.1) is 10.1 Å². The summed E-state index contributed by atoms with van der Waals surface area (Å²) in [6.07, 6.45) is -0.821. The second-order valence-electron chi connectivity index (χ2n) is 10.3. The summed E-state index contributed by atoms with van der Waals surface area (Å²) in [6.45, 7) is 2.12. The number of carbonyl (C=O) groups excluding carboxylic acids is 2. The van der Waals surface area contributed by atoms with Gasteiger partial charge in [0, 0.05) is 29.4 Å². The standard InChI is InChI=1S/C36H31N3O6/c1-25(34(27-17-20-31(21-18-27)39(42)43)45-36(41)29-15-9-4-10-16-29)37-32-22-19-30(38-35(40)28-13-7-3-8-14-28)23-33(32)44-24-26-11-5-2-6-12-26/h2-23,25,34,37H,24H2,1H3,(H,38,40)/t25-,34+/m1/s1. The summed E-state index contributed by atoms with van der Waals surface area (Å²) in [7, 11) is 0. The van der Waals surface area contributed by atoms with Gasteiger partial charge in [0.2, 0.25) is 0 Å². The van der Waals surface area contributed by atoms with Crippen LogP contribution < -0.4 is 15.4 Å². The number of carbonyl (C=O) groups is 2. The fraction of sp³-hybridized carbons (Fsp3) is 0.111. The monoisotopic (exact) mass is 601 g/mol. The predicted octanol–water partition coefficient (Wildman–Crippen LogP) is 7.82. The number of amides is 1. The average molecular weight is 602 g/mol. The molecule has 0 saturated carbocycles. The van der Waals surface area contributed by atoms with Gasteiger partial charge >= 0.3 is 5.97 Å². The highest BCUT2D eigenvalue weighted by Gasteiger charge is 2.26. The minimum Gasteiger partial charge on any atom is -0.487 e. The Kier molecular flexibility index (Phi) is 9.81. The highest BCUT2D eigenvalue weighted by molar-refractivity contribution is 6.04.